The Labute approximate surface area is 111 Å². The number of hydrogen-bond donors (Lipinski definition) is 0. The number of hydrogen-bond acceptors (Lipinski definition) is 2. The van der Waals surface area contributed by atoms with Crippen molar-refractivity contribution in [2.24, 2.45) is 11.8 Å². The SMILES string of the molecule is CC(C)C(C)C[P@@](C)(=O)COCc1ccccc1. The van der Waals surface area contributed by atoms with Gasteiger partial charge in [-0.25, -0.2) is 0 Å². The zero-order valence-corrected chi connectivity index (χ0v) is 12.8. The van der Waals surface area contributed by atoms with E-state index < -0.39 is 7.14 Å². The van der Waals surface area contributed by atoms with Crippen LogP contribution in [-0.4, -0.2) is 19.2 Å². The Hall–Kier alpha value is -0.590. The molecule has 3 heteroatoms. The summed E-state index contributed by atoms with van der Waals surface area (Å²) >= 11 is 0. The molecule has 102 valence electrons. The minimum atomic E-state index is -2.16. The summed E-state index contributed by atoms with van der Waals surface area (Å²) in [7, 11) is -2.16. The van der Waals surface area contributed by atoms with Crippen LogP contribution in [0.4, 0.5) is 0 Å². The van der Waals surface area contributed by atoms with Gasteiger partial charge in [0, 0.05) is 6.16 Å². The third-order valence-corrected chi connectivity index (χ3v) is 5.37. The molecular formula is C15H25O2P. The fraction of sp³-hybridized carbons (Fsp3) is 0.600. The van der Waals surface area contributed by atoms with Gasteiger partial charge in [0.05, 0.1) is 13.0 Å². The first-order chi connectivity index (χ1) is 8.41. The van der Waals surface area contributed by atoms with Crippen molar-refractivity contribution in [2.75, 3.05) is 19.2 Å². The second kappa shape index (κ2) is 7.11. The third-order valence-electron chi connectivity index (χ3n) is 3.29. The Kier molecular flexibility index (Phi) is 6.11. The topological polar surface area (TPSA) is 26.3 Å². The average Bonchev–Trinajstić information content (AvgIpc) is 2.29. The van der Waals surface area contributed by atoms with Gasteiger partial charge in [-0.3, -0.25) is 0 Å². The molecule has 1 unspecified atom stereocenters. The van der Waals surface area contributed by atoms with Crippen molar-refractivity contribution in [1.82, 2.24) is 0 Å². The van der Waals surface area contributed by atoms with Crippen molar-refractivity contribution in [2.45, 2.75) is 27.4 Å². The second-order valence-electron chi connectivity index (χ2n) is 5.66. The monoisotopic (exact) mass is 268 g/mol. The lowest BCUT2D eigenvalue weighted by molar-refractivity contribution is 0.162. The third kappa shape index (κ3) is 5.84. The number of ether oxygens (including phenoxy) is 1. The number of benzene rings is 1. The van der Waals surface area contributed by atoms with Crippen LogP contribution in [0.5, 0.6) is 0 Å². The van der Waals surface area contributed by atoms with Crippen molar-refractivity contribution in [1.29, 1.82) is 0 Å². The smallest absolute Gasteiger partial charge is 0.109 e. The van der Waals surface area contributed by atoms with Crippen LogP contribution in [0.25, 0.3) is 0 Å². The van der Waals surface area contributed by atoms with Crippen LogP contribution in [0.1, 0.15) is 26.3 Å². The van der Waals surface area contributed by atoms with Gasteiger partial charge in [-0.1, -0.05) is 51.1 Å². The van der Waals surface area contributed by atoms with Gasteiger partial charge in [-0.2, -0.15) is 0 Å². The molecule has 0 fully saturated rings. The highest BCUT2D eigenvalue weighted by Gasteiger charge is 2.21. The van der Waals surface area contributed by atoms with Gasteiger partial charge in [0.1, 0.15) is 7.14 Å². The van der Waals surface area contributed by atoms with E-state index in [1.54, 1.807) is 0 Å². The first-order valence-corrected chi connectivity index (χ1v) is 9.10. The highest BCUT2D eigenvalue weighted by Crippen LogP contribution is 2.44. The lowest BCUT2D eigenvalue weighted by Gasteiger charge is -2.21. The highest BCUT2D eigenvalue weighted by atomic mass is 31.2. The maximum absolute atomic E-state index is 12.4. The standard InChI is InChI=1S/C15H25O2P/c1-13(2)14(3)11-18(4,16)12-17-10-15-8-6-5-7-9-15/h5-9,13-14H,10-12H2,1-4H3/t14?,18-/m1/s1. The normalized spacial score (nSPS) is 16.5. The van der Waals surface area contributed by atoms with Crippen molar-refractivity contribution in [3.63, 3.8) is 0 Å². The van der Waals surface area contributed by atoms with Crippen molar-refractivity contribution in [3.8, 4) is 0 Å². The predicted molar refractivity (Wildman–Crippen MR) is 78.5 cm³/mol. The highest BCUT2D eigenvalue weighted by molar-refractivity contribution is 7.62. The Morgan fingerprint density at radius 3 is 2.33 bits per heavy atom. The van der Waals surface area contributed by atoms with Gasteiger partial charge in [-0.15, -0.1) is 0 Å². The molecule has 0 aliphatic carbocycles. The molecule has 2 atom stereocenters. The van der Waals surface area contributed by atoms with Crippen LogP contribution < -0.4 is 0 Å². The van der Waals surface area contributed by atoms with E-state index in [1.165, 1.54) is 0 Å². The Bertz CT molecular complexity index is 387. The largest absolute Gasteiger partial charge is 0.369 e. The molecule has 0 bridgehead atoms. The van der Waals surface area contributed by atoms with Crippen molar-refractivity contribution < 1.29 is 9.30 Å². The first kappa shape index (κ1) is 15.5. The summed E-state index contributed by atoms with van der Waals surface area (Å²) in [4.78, 5) is 0. The van der Waals surface area contributed by atoms with E-state index in [2.05, 4.69) is 20.8 Å². The maximum Gasteiger partial charge on any atom is 0.109 e. The summed E-state index contributed by atoms with van der Waals surface area (Å²) in [6.45, 7) is 8.93. The fourth-order valence-corrected chi connectivity index (χ4v) is 4.03. The zero-order valence-electron chi connectivity index (χ0n) is 11.9. The molecule has 1 aromatic carbocycles. The average molecular weight is 268 g/mol. The van der Waals surface area contributed by atoms with Crippen LogP contribution in [0.15, 0.2) is 30.3 Å². The molecule has 0 saturated carbocycles. The number of rotatable bonds is 7. The van der Waals surface area contributed by atoms with Crippen LogP contribution >= 0.6 is 7.14 Å². The van der Waals surface area contributed by atoms with Gasteiger partial charge in [0.25, 0.3) is 0 Å². The molecule has 0 amide bonds. The zero-order chi connectivity index (χ0) is 13.6. The Morgan fingerprint density at radius 2 is 1.78 bits per heavy atom. The van der Waals surface area contributed by atoms with Gasteiger partial charge in [0.15, 0.2) is 0 Å². The first-order valence-electron chi connectivity index (χ1n) is 6.58. The van der Waals surface area contributed by atoms with E-state index in [0.29, 0.717) is 24.8 Å². The summed E-state index contributed by atoms with van der Waals surface area (Å²) < 4.78 is 18.0. The van der Waals surface area contributed by atoms with Gasteiger partial charge >= 0.3 is 0 Å². The van der Waals surface area contributed by atoms with E-state index in [4.69, 9.17) is 4.74 Å². The molecule has 0 radical (unpaired) electrons. The van der Waals surface area contributed by atoms with Gasteiger partial charge in [0.2, 0.25) is 0 Å². The molecule has 0 spiro atoms. The van der Waals surface area contributed by atoms with E-state index in [1.807, 2.05) is 37.0 Å². The minimum Gasteiger partial charge on any atom is -0.369 e. The molecule has 0 aliphatic heterocycles. The van der Waals surface area contributed by atoms with E-state index in [0.717, 1.165) is 11.7 Å². The van der Waals surface area contributed by atoms with Crippen LogP contribution in [0.2, 0.25) is 0 Å². The quantitative estimate of drug-likeness (QED) is 0.683. The van der Waals surface area contributed by atoms with Crippen LogP contribution in [0.3, 0.4) is 0 Å². The van der Waals surface area contributed by atoms with Crippen molar-refractivity contribution in [3.05, 3.63) is 35.9 Å². The van der Waals surface area contributed by atoms with E-state index >= 15 is 0 Å². The Balaban J connectivity index is 2.36. The predicted octanol–water partition coefficient (Wildman–Crippen LogP) is 4.45. The van der Waals surface area contributed by atoms with Gasteiger partial charge in [-0.05, 0) is 24.1 Å². The van der Waals surface area contributed by atoms with Crippen LogP contribution in [0, 0.1) is 11.8 Å². The fourth-order valence-electron chi connectivity index (χ4n) is 1.80. The van der Waals surface area contributed by atoms with Gasteiger partial charge < -0.3 is 9.30 Å². The molecule has 1 rings (SSSR count). The minimum absolute atomic E-state index is 0.388. The van der Waals surface area contributed by atoms with E-state index in [9.17, 15) is 4.57 Å². The maximum atomic E-state index is 12.4. The van der Waals surface area contributed by atoms with E-state index in [-0.39, 0.29) is 0 Å². The molecular weight excluding hydrogens is 243 g/mol. The lowest BCUT2D eigenvalue weighted by atomic mass is 10.0. The Morgan fingerprint density at radius 1 is 1.17 bits per heavy atom. The molecule has 1 aromatic rings. The summed E-state index contributed by atoms with van der Waals surface area (Å²) in [5.74, 6) is 1.06. The van der Waals surface area contributed by atoms with Crippen molar-refractivity contribution >= 4 is 7.14 Å². The molecule has 0 aromatic heterocycles. The molecule has 0 heterocycles. The second-order valence-corrected chi connectivity index (χ2v) is 8.88. The lowest BCUT2D eigenvalue weighted by Crippen LogP contribution is -2.11. The summed E-state index contributed by atoms with van der Waals surface area (Å²) in [5, 5.41) is 0. The molecule has 18 heavy (non-hydrogen) atoms. The molecule has 0 N–H and O–H groups in total. The molecule has 0 saturated heterocycles. The summed E-state index contributed by atoms with van der Waals surface area (Å²) in [6, 6.07) is 10.0. The summed E-state index contributed by atoms with van der Waals surface area (Å²) in [6.07, 6.45) is 1.17. The molecule has 0 aliphatic rings. The molecule has 2 nitrogen and oxygen atoms in total. The van der Waals surface area contributed by atoms with Crippen LogP contribution in [-0.2, 0) is 15.9 Å². The summed E-state index contributed by atoms with van der Waals surface area (Å²) in [5.41, 5.74) is 1.13.